The molecule has 0 aliphatic carbocycles. The molecule has 21 heavy (non-hydrogen) atoms. The van der Waals surface area contributed by atoms with Crippen molar-refractivity contribution in [1.29, 1.82) is 0 Å². The second kappa shape index (κ2) is 14.6. The van der Waals surface area contributed by atoms with E-state index < -0.39 is 0 Å². The first-order valence-corrected chi connectivity index (χ1v) is 9.30. The summed E-state index contributed by atoms with van der Waals surface area (Å²) in [6.45, 7) is 2.28. The minimum atomic E-state index is 0. The van der Waals surface area contributed by atoms with Gasteiger partial charge in [0.2, 0.25) is 0 Å². The van der Waals surface area contributed by atoms with Crippen LogP contribution in [0.5, 0.6) is 0 Å². The van der Waals surface area contributed by atoms with Gasteiger partial charge in [-0.1, -0.05) is 64.7 Å². The number of hydrogen-bond donors (Lipinski definition) is 1. The predicted octanol–water partition coefficient (Wildman–Crippen LogP) is 6.70. The van der Waals surface area contributed by atoms with Crippen LogP contribution in [0.2, 0.25) is 0 Å². The van der Waals surface area contributed by atoms with E-state index in [4.69, 9.17) is 5.73 Å². The summed E-state index contributed by atoms with van der Waals surface area (Å²) in [5, 5.41) is 0. The van der Waals surface area contributed by atoms with Crippen molar-refractivity contribution in [2.75, 3.05) is 11.5 Å². The average molecular weight is 330 g/mol. The molecule has 0 radical (unpaired) electrons. The maximum absolute atomic E-state index is 5.68. The van der Waals surface area contributed by atoms with Crippen LogP contribution in [0.1, 0.15) is 71.1 Å². The third-order valence-corrected chi connectivity index (χ3v) is 4.75. The van der Waals surface area contributed by atoms with Crippen LogP contribution in [0, 0.1) is 0 Å². The standard InChI is InChI=1S/C18H31NS.ClH/c1-2-3-4-5-6-7-8-9-10-11-16-20-18-14-12-17(19)13-15-18;/h12-15H,2-11,16,19H2,1H3;1H. The van der Waals surface area contributed by atoms with Gasteiger partial charge in [0.25, 0.3) is 0 Å². The van der Waals surface area contributed by atoms with Gasteiger partial charge in [0.15, 0.2) is 0 Å². The largest absolute Gasteiger partial charge is 0.399 e. The van der Waals surface area contributed by atoms with Crippen molar-refractivity contribution in [2.45, 2.75) is 76.0 Å². The predicted molar refractivity (Wildman–Crippen MR) is 101 cm³/mol. The van der Waals surface area contributed by atoms with Crippen LogP contribution in [-0.2, 0) is 0 Å². The lowest BCUT2D eigenvalue weighted by Gasteiger charge is -2.03. The molecular formula is C18H32ClNS. The summed E-state index contributed by atoms with van der Waals surface area (Å²) in [6.07, 6.45) is 14.1. The maximum Gasteiger partial charge on any atom is 0.0314 e. The Labute approximate surface area is 141 Å². The second-order valence-electron chi connectivity index (χ2n) is 5.60. The molecule has 0 aromatic heterocycles. The van der Waals surface area contributed by atoms with E-state index in [0.717, 1.165) is 5.69 Å². The van der Waals surface area contributed by atoms with E-state index in [0.29, 0.717) is 0 Å². The Morgan fingerprint density at radius 2 is 1.24 bits per heavy atom. The molecule has 0 saturated heterocycles. The first-order valence-electron chi connectivity index (χ1n) is 8.31. The smallest absolute Gasteiger partial charge is 0.0314 e. The van der Waals surface area contributed by atoms with Gasteiger partial charge < -0.3 is 5.73 Å². The van der Waals surface area contributed by atoms with Crippen LogP contribution in [0.3, 0.4) is 0 Å². The topological polar surface area (TPSA) is 26.0 Å². The highest BCUT2D eigenvalue weighted by atomic mass is 35.5. The number of anilines is 1. The molecule has 0 saturated carbocycles. The van der Waals surface area contributed by atoms with E-state index >= 15 is 0 Å². The Bertz CT molecular complexity index is 326. The molecule has 0 aliphatic rings. The van der Waals surface area contributed by atoms with E-state index in [1.165, 1.54) is 74.9 Å². The van der Waals surface area contributed by atoms with Gasteiger partial charge in [0, 0.05) is 10.6 Å². The number of rotatable bonds is 12. The van der Waals surface area contributed by atoms with Gasteiger partial charge in [-0.15, -0.1) is 24.2 Å². The van der Waals surface area contributed by atoms with Crippen molar-refractivity contribution < 1.29 is 0 Å². The van der Waals surface area contributed by atoms with Crippen molar-refractivity contribution >= 4 is 29.9 Å². The third-order valence-electron chi connectivity index (χ3n) is 3.65. The zero-order valence-electron chi connectivity index (χ0n) is 13.5. The van der Waals surface area contributed by atoms with E-state index in [2.05, 4.69) is 19.1 Å². The lowest BCUT2D eigenvalue weighted by molar-refractivity contribution is 0.563. The lowest BCUT2D eigenvalue weighted by Crippen LogP contribution is -1.85. The van der Waals surface area contributed by atoms with Gasteiger partial charge in [-0.2, -0.15) is 0 Å². The summed E-state index contributed by atoms with van der Waals surface area (Å²) < 4.78 is 0. The van der Waals surface area contributed by atoms with Gasteiger partial charge in [-0.3, -0.25) is 0 Å². The van der Waals surface area contributed by atoms with Gasteiger partial charge in [0.1, 0.15) is 0 Å². The molecule has 0 bridgehead atoms. The van der Waals surface area contributed by atoms with Crippen molar-refractivity contribution in [2.24, 2.45) is 0 Å². The molecule has 1 aromatic rings. The Hall–Kier alpha value is -0.340. The Morgan fingerprint density at radius 3 is 1.76 bits per heavy atom. The summed E-state index contributed by atoms with van der Waals surface area (Å²) in [5.74, 6) is 1.24. The molecule has 0 fully saturated rings. The normalized spacial score (nSPS) is 10.3. The second-order valence-corrected chi connectivity index (χ2v) is 6.77. The van der Waals surface area contributed by atoms with Gasteiger partial charge in [-0.05, 0) is 36.4 Å². The highest BCUT2D eigenvalue weighted by Crippen LogP contribution is 2.21. The molecule has 1 aromatic carbocycles. The van der Waals surface area contributed by atoms with E-state index in [1.807, 2.05) is 23.9 Å². The molecule has 122 valence electrons. The molecule has 2 N–H and O–H groups in total. The maximum atomic E-state index is 5.68. The molecular weight excluding hydrogens is 298 g/mol. The van der Waals surface area contributed by atoms with Crippen LogP contribution >= 0.6 is 24.2 Å². The highest BCUT2D eigenvalue weighted by molar-refractivity contribution is 7.99. The van der Waals surface area contributed by atoms with Gasteiger partial charge in [-0.25, -0.2) is 0 Å². The van der Waals surface area contributed by atoms with Crippen molar-refractivity contribution in [3.63, 3.8) is 0 Å². The van der Waals surface area contributed by atoms with Crippen LogP contribution in [0.25, 0.3) is 0 Å². The van der Waals surface area contributed by atoms with Gasteiger partial charge >= 0.3 is 0 Å². The number of nitrogen functional groups attached to an aromatic ring is 1. The molecule has 1 nitrogen and oxygen atoms in total. The van der Waals surface area contributed by atoms with Crippen molar-refractivity contribution in [3.8, 4) is 0 Å². The van der Waals surface area contributed by atoms with Crippen LogP contribution in [-0.4, -0.2) is 5.75 Å². The molecule has 0 spiro atoms. The van der Waals surface area contributed by atoms with Crippen LogP contribution in [0.4, 0.5) is 5.69 Å². The van der Waals surface area contributed by atoms with Crippen LogP contribution < -0.4 is 5.73 Å². The monoisotopic (exact) mass is 329 g/mol. The fourth-order valence-electron chi connectivity index (χ4n) is 2.34. The molecule has 0 aliphatic heterocycles. The summed E-state index contributed by atoms with van der Waals surface area (Å²) in [4.78, 5) is 1.34. The van der Waals surface area contributed by atoms with Crippen molar-refractivity contribution in [3.05, 3.63) is 24.3 Å². The highest BCUT2D eigenvalue weighted by Gasteiger charge is 1.95. The number of thioether (sulfide) groups is 1. The molecule has 3 heteroatoms. The summed E-state index contributed by atoms with van der Waals surface area (Å²) in [5.41, 5.74) is 6.53. The average Bonchev–Trinajstić information content (AvgIpc) is 2.47. The summed E-state index contributed by atoms with van der Waals surface area (Å²) in [7, 11) is 0. The first-order chi connectivity index (χ1) is 9.83. The summed E-state index contributed by atoms with van der Waals surface area (Å²) >= 11 is 1.95. The number of hydrogen-bond acceptors (Lipinski definition) is 2. The Balaban J connectivity index is 0.00000400. The number of halogens is 1. The quantitative estimate of drug-likeness (QED) is 0.262. The summed E-state index contributed by atoms with van der Waals surface area (Å²) in [6, 6.07) is 8.22. The zero-order chi connectivity index (χ0) is 14.5. The SMILES string of the molecule is CCCCCCCCCCCCSc1ccc(N)cc1.Cl. The number of nitrogens with two attached hydrogens (primary N) is 1. The van der Waals surface area contributed by atoms with E-state index in [1.54, 1.807) is 0 Å². The fraction of sp³-hybridized carbons (Fsp3) is 0.667. The number of benzene rings is 1. The third kappa shape index (κ3) is 11.9. The molecule has 0 atom stereocenters. The minimum Gasteiger partial charge on any atom is -0.399 e. The minimum absolute atomic E-state index is 0. The molecule has 0 heterocycles. The fourth-order valence-corrected chi connectivity index (χ4v) is 3.26. The molecule has 0 amide bonds. The first kappa shape index (κ1) is 20.7. The van der Waals surface area contributed by atoms with E-state index in [-0.39, 0.29) is 12.4 Å². The van der Waals surface area contributed by atoms with Gasteiger partial charge in [0.05, 0.1) is 0 Å². The molecule has 0 unspecified atom stereocenters. The molecule has 1 rings (SSSR count). The van der Waals surface area contributed by atoms with E-state index in [9.17, 15) is 0 Å². The zero-order valence-corrected chi connectivity index (χ0v) is 15.1. The van der Waals surface area contributed by atoms with Crippen LogP contribution in [0.15, 0.2) is 29.2 Å². The number of unbranched alkanes of at least 4 members (excludes halogenated alkanes) is 9. The lowest BCUT2D eigenvalue weighted by atomic mass is 10.1. The Morgan fingerprint density at radius 1 is 0.762 bits per heavy atom. The Kier molecular flexibility index (Phi) is 14.4. The van der Waals surface area contributed by atoms with Crippen molar-refractivity contribution in [1.82, 2.24) is 0 Å².